The second-order valence-corrected chi connectivity index (χ2v) is 5.36. The molecule has 0 spiro atoms. The maximum atomic E-state index is 10.7. The normalized spacial score (nSPS) is 18.2. The predicted octanol–water partition coefficient (Wildman–Crippen LogP) is 2.86. The van der Waals surface area contributed by atoms with Crippen molar-refractivity contribution in [2.24, 2.45) is 0 Å². The van der Waals surface area contributed by atoms with Crippen molar-refractivity contribution < 1.29 is 9.90 Å². The van der Waals surface area contributed by atoms with Crippen molar-refractivity contribution in [3.8, 4) is 0 Å². The van der Waals surface area contributed by atoms with Crippen LogP contribution in [0.3, 0.4) is 0 Å². The van der Waals surface area contributed by atoms with E-state index in [1.54, 1.807) is 0 Å². The molecule has 2 rings (SSSR count). The van der Waals surface area contributed by atoms with Gasteiger partial charge in [0.05, 0.1) is 0 Å². The van der Waals surface area contributed by atoms with Gasteiger partial charge in [0.15, 0.2) is 0 Å². The average molecular weight is 247 g/mol. The monoisotopic (exact) mass is 247 g/mol. The largest absolute Gasteiger partial charge is 0.481 e. The molecule has 1 heterocycles. The highest BCUT2D eigenvalue weighted by Gasteiger charge is 2.29. The topological polar surface area (TPSA) is 40.5 Å². The van der Waals surface area contributed by atoms with Crippen molar-refractivity contribution in [2.75, 3.05) is 4.90 Å². The molecule has 0 aliphatic carbocycles. The molecule has 0 saturated carbocycles. The van der Waals surface area contributed by atoms with Crippen LogP contribution in [0.25, 0.3) is 0 Å². The molecule has 1 unspecified atom stereocenters. The van der Waals surface area contributed by atoms with Crippen LogP contribution in [-0.4, -0.2) is 23.2 Å². The highest BCUT2D eigenvalue weighted by molar-refractivity contribution is 5.68. The number of aryl methyl sites for hydroxylation is 1. The van der Waals surface area contributed by atoms with Crippen LogP contribution >= 0.6 is 0 Å². The summed E-state index contributed by atoms with van der Waals surface area (Å²) in [5, 5.41) is 8.81. The first-order chi connectivity index (χ1) is 8.50. The van der Waals surface area contributed by atoms with Crippen molar-refractivity contribution in [3.05, 3.63) is 29.3 Å². The third-order valence-electron chi connectivity index (χ3n) is 3.67. The fraction of sp³-hybridized carbons (Fsp3) is 0.533. The lowest BCUT2D eigenvalue weighted by atomic mass is 9.99. The third kappa shape index (κ3) is 2.35. The van der Waals surface area contributed by atoms with Crippen molar-refractivity contribution in [1.82, 2.24) is 0 Å². The number of nitrogens with zero attached hydrogens (tertiary/aromatic N) is 1. The Balaban J connectivity index is 2.30. The van der Waals surface area contributed by atoms with Gasteiger partial charge in [-0.05, 0) is 50.8 Å². The molecule has 3 nitrogen and oxygen atoms in total. The van der Waals surface area contributed by atoms with Gasteiger partial charge in [-0.2, -0.15) is 0 Å². The minimum Gasteiger partial charge on any atom is -0.481 e. The predicted molar refractivity (Wildman–Crippen MR) is 73.2 cm³/mol. The number of hydrogen-bond donors (Lipinski definition) is 1. The van der Waals surface area contributed by atoms with Crippen molar-refractivity contribution in [2.45, 2.75) is 52.1 Å². The quantitative estimate of drug-likeness (QED) is 0.889. The number of benzene rings is 1. The first-order valence-electron chi connectivity index (χ1n) is 6.61. The lowest BCUT2D eigenvalue weighted by Crippen LogP contribution is -2.35. The van der Waals surface area contributed by atoms with E-state index in [2.05, 4.69) is 37.8 Å². The van der Waals surface area contributed by atoms with Crippen molar-refractivity contribution in [1.29, 1.82) is 0 Å². The van der Waals surface area contributed by atoms with Gasteiger partial charge in [-0.3, -0.25) is 4.79 Å². The van der Waals surface area contributed by atoms with Gasteiger partial charge in [0.1, 0.15) is 0 Å². The Labute approximate surface area is 108 Å². The Morgan fingerprint density at radius 3 is 2.83 bits per heavy atom. The molecule has 98 valence electrons. The Kier molecular flexibility index (Phi) is 3.60. The Hall–Kier alpha value is -1.51. The van der Waals surface area contributed by atoms with E-state index in [1.807, 2.05) is 6.07 Å². The van der Waals surface area contributed by atoms with Crippen LogP contribution in [0.2, 0.25) is 0 Å². The summed E-state index contributed by atoms with van der Waals surface area (Å²) in [6.45, 7) is 6.64. The minimum absolute atomic E-state index is 0.215. The maximum absolute atomic E-state index is 10.7. The number of rotatable bonds is 4. The molecule has 0 aromatic heterocycles. The summed E-state index contributed by atoms with van der Waals surface area (Å²) in [6, 6.07) is 7.26. The molecule has 0 fully saturated rings. The number of fused-ring (bicyclic) bond motifs is 1. The number of carboxylic acid groups (broad SMARTS) is 1. The zero-order valence-electron chi connectivity index (χ0n) is 11.3. The summed E-state index contributed by atoms with van der Waals surface area (Å²) >= 11 is 0. The number of carbonyl (C=O) groups is 1. The fourth-order valence-corrected chi connectivity index (χ4v) is 2.99. The molecule has 18 heavy (non-hydrogen) atoms. The molecule has 0 radical (unpaired) electrons. The van der Waals surface area contributed by atoms with Gasteiger partial charge < -0.3 is 10.0 Å². The van der Waals surface area contributed by atoms with E-state index in [9.17, 15) is 4.79 Å². The molecular formula is C15H21NO2. The summed E-state index contributed by atoms with van der Waals surface area (Å²) in [6.07, 6.45) is 1.88. The molecule has 0 amide bonds. The van der Waals surface area contributed by atoms with Crippen LogP contribution in [-0.2, 0) is 17.6 Å². The molecule has 1 aliphatic rings. The lowest BCUT2D eigenvalue weighted by molar-refractivity contribution is -0.136. The minimum atomic E-state index is -0.723. The highest BCUT2D eigenvalue weighted by Crippen LogP contribution is 2.36. The van der Waals surface area contributed by atoms with Gasteiger partial charge in [-0.25, -0.2) is 0 Å². The van der Waals surface area contributed by atoms with E-state index in [-0.39, 0.29) is 6.42 Å². The Morgan fingerprint density at radius 1 is 1.50 bits per heavy atom. The second-order valence-electron chi connectivity index (χ2n) is 5.36. The molecule has 1 aromatic carbocycles. The van der Waals surface area contributed by atoms with Gasteiger partial charge in [0, 0.05) is 24.2 Å². The van der Waals surface area contributed by atoms with E-state index >= 15 is 0 Å². The molecule has 1 aromatic rings. The van der Waals surface area contributed by atoms with Gasteiger partial charge in [0.25, 0.3) is 0 Å². The standard InChI is InChI=1S/C15H21NO2/c1-10(2)16-11(3)9-13-12(7-8-15(17)18)5-4-6-14(13)16/h4-6,10-11H,7-9H2,1-3H3,(H,17,18). The van der Waals surface area contributed by atoms with E-state index in [0.29, 0.717) is 18.5 Å². The van der Waals surface area contributed by atoms with Gasteiger partial charge >= 0.3 is 5.97 Å². The third-order valence-corrected chi connectivity index (χ3v) is 3.67. The first kappa shape index (κ1) is 12.9. The van der Waals surface area contributed by atoms with Crippen LogP contribution in [0.15, 0.2) is 18.2 Å². The summed E-state index contributed by atoms with van der Waals surface area (Å²) < 4.78 is 0. The van der Waals surface area contributed by atoms with Crippen molar-refractivity contribution in [3.63, 3.8) is 0 Å². The fourth-order valence-electron chi connectivity index (χ4n) is 2.99. The number of aliphatic carboxylic acids is 1. The lowest BCUT2D eigenvalue weighted by Gasteiger charge is -2.29. The molecular weight excluding hydrogens is 226 g/mol. The van der Waals surface area contributed by atoms with Gasteiger partial charge in [-0.15, -0.1) is 0 Å². The van der Waals surface area contributed by atoms with E-state index in [1.165, 1.54) is 16.8 Å². The number of hydrogen-bond acceptors (Lipinski definition) is 2. The summed E-state index contributed by atoms with van der Waals surface area (Å²) in [5.74, 6) is -0.723. The van der Waals surface area contributed by atoms with Crippen molar-refractivity contribution >= 4 is 11.7 Å². The molecule has 3 heteroatoms. The van der Waals surface area contributed by atoms with Crippen LogP contribution < -0.4 is 4.90 Å². The molecule has 1 aliphatic heterocycles. The highest BCUT2D eigenvalue weighted by atomic mass is 16.4. The Morgan fingerprint density at radius 2 is 2.22 bits per heavy atom. The van der Waals surface area contributed by atoms with E-state index in [4.69, 9.17) is 5.11 Å². The SMILES string of the molecule is CC(C)N1c2cccc(CCC(=O)O)c2CC1C. The number of anilines is 1. The number of carboxylic acids is 1. The average Bonchev–Trinajstić information content (AvgIpc) is 2.62. The van der Waals surface area contributed by atoms with E-state index < -0.39 is 5.97 Å². The van der Waals surface area contributed by atoms with Crippen LogP contribution in [0.5, 0.6) is 0 Å². The molecule has 0 bridgehead atoms. The Bertz CT molecular complexity index is 454. The maximum Gasteiger partial charge on any atom is 0.303 e. The summed E-state index contributed by atoms with van der Waals surface area (Å²) in [4.78, 5) is 13.1. The summed E-state index contributed by atoms with van der Waals surface area (Å²) in [7, 11) is 0. The molecule has 0 saturated heterocycles. The zero-order chi connectivity index (χ0) is 13.3. The van der Waals surface area contributed by atoms with E-state index in [0.717, 1.165) is 6.42 Å². The van der Waals surface area contributed by atoms with Gasteiger partial charge in [0.2, 0.25) is 0 Å². The zero-order valence-corrected chi connectivity index (χ0v) is 11.3. The van der Waals surface area contributed by atoms with Crippen LogP contribution in [0.1, 0.15) is 38.3 Å². The smallest absolute Gasteiger partial charge is 0.303 e. The van der Waals surface area contributed by atoms with Crippen LogP contribution in [0, 0.1) is 0 Å². The van der Waals surface area contributed by atoms with Gasteiger partial charge in [-0.1, -0.05) is 12.1 Å². The second kappa shape index (κ2) is 5.01. The van der Waals surface area contributed by atoms with Crippen LogP contribution in [0.4, 0.5) is 5.69 Å². The first-order valence-corrected chi connectivity index (χ1v) is 6.61. The molecule has 1 atom stereocenters. The summed E-state index contributed by atoms with van der Waals surface area (Å²) in [5.41, 5.74) is 3.84. The molecule has 1 N–H and O–H groups in total.